The van der Waals surface area contributed by atoms with E-state index in [1.165, 1.54) is 0 Å². The second-order valence-corrected chi connectivity index (χ2v) is 4.76. The summed E-state index contributed by atoms with van der Waals surface area (Å²) in [5.41, 5.74) is -0.140. The smallest absolute Gasteiger partial charge is 0.223 e. The molecule has 1 atom stereocenters. The molecule has 1 amide bonds. The normalized spacial score (nSPS) is 13.9. The minimum Gasteiger partial charge on any atom is -0.350 e. The Balaban J connectivity index is 3.99. The third-order valence-electron chi connectivity index (χ3n) is 1.96. The molecule has 0 saturated heterocycles. The van der Waals surface area contributed by atoms with Gasteiger partial charge in [0.05, 0.1) is 0 Å². The fourth-order valence-electron chi connectivity index (χ4n) is 1.05. The Kier molecular flexibility index (Phi) is 5.61. The summed E-state index contributed by atoms with van der Waals surface area (Å²) in [6, 6.07) is 0. The third kappa shape index (κ3) is 5.29. The van der Waals surface area contributed by atoms with Crippen molar-refractivity contribution in [3.05, 3.63) is 0 Å². The molecule has 0 bridgehead atoms. The molecule has 0 rings (SSSR count). The first kappa shape index (κ1) is 12.9. The van der Waals surface area contributed by atoms with Crippen LogP contribution in [-0.2, 0) is 4.79 Å². The first-order valence-corrected chi connectivity index (χ1v) is 5.93. The molecule has 0 aromatic carbocycles. The third-order valence-corrected chi connectivity index (χ3v) is 3.37. The highest BCUT2D eigenvalue weighted by Crippen LogP contribution is 2.10. The molecule has 0 aliphatic heterocycles. The highest BCUT2D eigenvalue weighted by molar-refractivity contribution is 9.09. The van der Waals surface area contributed by atoms with E-state index in [9.17, 15) is 4.79 Å². The number of carbonyl (C=O) groups excluding carboxylic acids is 1. The minimum absolute atomic E-state index is 0.128. The topological polar surface area (TPSA) is 29.1 Å². The average Bonchev–Trinajstić information content (AvgIpc) is 2.04. The summed E-state index contributed by atoms with van der Waals surface area (Å²) < 4.78 is 0. The van der Waals surface area contributed by atoms with E-state index in [0.717, 1.165) is 18.2 Å². The molecule has 0 fully saturated rings. The van der Waals surface area contributed by atoms with Crippen molar-refractivity contribution in [2.24, 2.45) is 5.92 Å². The molecule has 3 heteroatoms. The summed E-state index contributed by atoms with van der Waals surface area (Å²) in [5, 5.41) is 3.79. The van der Waals surface area contributed by atoms with Crippen LogP contribution in [0.3, 0.4) is 0 Å². The van der Waals surface area contributed by atoms with E-state index in [1.807, 2.05) is 20.8 Å². The molecule has 0 aliphatic rings. The lowest BCUT2D eigenvalue weighted by atomic mass is 10.0. The number of amides is 1. The van der Waals surface area contributed by atoms with E-state index >= 15 is 0 Å². The van der Waals surface area contributed by atoms with E-state index in [1.54, 1.807) is 0 Å². The summed E-state index contributed by atoms with van der Waals surface area (Å²) in [4.78, 5) is 11.6. The van der Waals surface area contributed by atoms with Crippen LogP contribution >= 0.6 is 15.9 Å². The summed E-state index contributed by atoms with van der Waals surface area (Å²) in [5.74, 6) is 0.287. The molecule has 1 unspecified atom stereocenters. The number of halogens is 1. The molecule has 0 spiro atoms. The van der Waals surface area contributed by atoms with Crippen molar-refractivity contribution in [1.29, 1.82) is 0 Å². The van der Waals surface area contributed by atoms with Crippen LogP contribution in [0.25, 0.3) is 0 Å². The van der Waals surface area contributed by atoms with Crippen molar-refractivity contribution in [3.8, 4) is 0 Å². The molecule has 0 aromatic rings. The molecule has 1 N–H and O–H groups in total. The lowest BCUT2D eigenvalue weighted by molar-refractivity contribution is -0.126. The van der Waals surface area contributed by atoms with Gasteiger partial charge in [-0.2, -0.15) is 0 Å². The monoisotopic (exact) mass is 249 g/mol. The number of carbonyl (C=O) groups is 1. The maximum absolute atomic E-state index is 11.6. The Labute approximate surface area is 89.6 Å². The zero-order valence-corrected chi connectivity index (χ0v) is 10.6. The first-order valence-electron chi connectivity index (χ1n) is 4.81. The van der Waals surface area contributed by atoms with E-state index in [-0.39, 0.29) is 17.4 Å². The van der Waals surface area contributed by atoms with Crippen molar-refractivity contribution in [3.63, 3.8) is 0 Å². The van der Waals surface area contributed by atoms with Crippen LogP contribution in [0.1, 0.15) is 40.5 Å². The molecule has 0 heterocycles. The van der Waals surface area contributed by atoms with Crippen LogP contribution < -0.4 is 5.32 Å². The number of nitrogens with one attached hydrogen (secondary N) is 1. The zero-order chi connectivity index (χ0) is 10.5. The maximum Gasteiger partial charge on any atom is 0.223 e. The second kappa shape index (κ2) is 5.63. The summed E-state index contributed by atoms with van der Waals surface area (Å²) in [7, 11) is 0. The van der Waals surface area contributed by atoms with Crippen LogP contribution in [0.5, 0.6) is 0 Å². The first-order chi connectivity index (χ1) is 5.93. The van der Waals surface area contributed by atoms with Crippen molar-refractivity contribution in [1.82, 2.24) is 5.32 Å². The van der Waals surface area contributed by atoms with Gasteiger partial charge in [0.1, 0.15) is 0 Å². The van der Waals surface area contributed by atoms with Gasteiger partial charge in [-0.3, -0.25) is 4.79 Å². The maximum atomic E-state index is 11.6. The van der Waals surface area contributed by atoms with Gasteiger partial charge in [0.2, 0.25) is 5.91 Å². The predicted molar refractivity (Wildman–Crippen MR) is 60.1 cm³/mol. The molecule has 0 aliphatic carbocycles. The zero-order valence-electron chi connectivity index (χ0n) is 8.98. The largest absolute Gasteiger partial charge is 0.350 e. The van der Waals surface area contributed by atoms with Crippen LogP contribution in [0, 0.1) is 5.92 Å². The molecule has 2 nitrogen and oxygen atoms in total. The number of hydrogen-bond acceptors (Lipinski definition) is 1. The SMILES string of the molecule is CCCC(C)C(=O)NC(C)(C)CBr. The Morgan fingerprint density at radius 2 is 2.08 bits per heavy atom. The predicted octanol–water partition coefficient (Wildman–Crippen LogP) is 2.71. The second-order valence-electron chi connectivity index (χ2n) is 4.20. The van der Waals surface area contributed by atoms with Gasteiger partial charge in [-0.1, -0.05) is 36.2 Å². The fourth-order valence-corrected chi connectivity index (χ4v) is 1.19. The van der Waals surface area contributed by atoms with Gasteiger partial charge in [-0.25, -0.2) is 0 Å². The number of alkyl halides is 1. The molecule has 13 heavy (non-hydrogen) atoms. The molecular weight excluding hydrogens is 230 g/mol. The van der Waals surface area contributed by atoms with Crippen LogP contribution in [0.4, 0.5) is 0 Å². The molecule has 0 radical (unpaired) electrons. The van der Waals surface area contributed by atoms with Gasteiger partial charge in [-0.05, 0) is 20.3 Å². The van der Waals surface area contributed by atoms with E-state index in [4.69, 9.17) is 0 Å². The fraction of sp³-hybridized carbons (Fsp3) is 0.900. The molecule has 0 saturated carbocycles. The van der Waals surface area contributed by atoms with Crippen molar-refractivity contribution >= 4 is 21.8 Å². The van der Waals surface area contributed by atoms with Crippen LogP contribution in [0.15, 0.2) is 0 Å². The lowest BCUT2D eigenvalue weighted by Gasteiger charge is -2.25. The van der Waals surface area contributed by atoms with Gasteiger partial charge < -0.3 is 5.32 Å². The number of hydrogen-bond donors (Lipinski definition) is 1. The lowest BCUT2D eigenvalue weighted by Crippen LogP contribution is -2.46. The van der Waals surface area contributed by atoms with Crippen molar-refractivity contribution in [2.45, 2.75) is 46.1 Å². The van der Waals surface area contributed by atoms with Gasteiger partial charge in [-0.15, -0.1) is 0 Å². The quantitative estimate of drug-likeness (QED) is 0.747. The van der Waals surface area contributed by atoms with Crippen LogP contribution in [-0.4, -0.2) is 16.8 Å². The Morgan fingerprint density at radius 1 is 1.54 bits per heavy atom. The van der Waals surface area contributed by atoms with Crippen LogP contribution in [0.2, 0.25) is 0 Å². The summed E-state index contributed by atoms with van der Waals surface area (Å²) in [6.07, 6.45) is 2.02. The van der Waals surface area contributed by atoms with E-state index in [2.05, 4.69) is 28.2 Å². The van der Waals surface area contributed by atoms with Gasteiger partial charge in [0.25, 0.3) is 0 Å². The Hall–Kier alpha value is -0.0500. The standard InChI is InChI=1S/C10H20BrNO/c1-5-6-8(2)9(13)12-10(3,4)7-11/h8H,5-7H2,1-4H3,(H,12,13). The molecular formula is C10H20BrNO. The van der Waals surface area contributed by atoms with Gasteiger partial charge >= 0.3 is 0 Å². The minimum atomic E-state index is -0.140. The molecule has 78 valence electrons. The van der Waals surface area contributed by atoms with Gasteiger partial charge in [0, 0.05) is 16.8 Å². The highest BCUT2D eigenvalue weighted by Gasteiger charge is 2.21. The van der Waals surface area contributed by atoms with Crippen molar-refractivity contribution < 1.29 is 4.79 Å². The average molecular weight is 250 g/mol. The van der Waals surface area contributed by atoms with E-state index in [0.29, 0.717) is 0 Å². The van der Waals surface area contributed by atoms with Crippen molar-refractivity contribution in [2.75, 3.05) is 5.33 Å². The summed E-state index contributed by atoms with van der Waals surface area (Å²) >= 11 is 3.37. The molecule has 0 aromatic heterocycles. The van der Waals surface area contributed by atoms with E-state index < -0.39 is 0 Å². The Bertz CT molecular complexity index is 168. The Morgan fingerprint density at radius 3 is 2.46 bits per heavy atom. The number of rotatable bonds is 5. The van der Waals surface area contributed by atoms with Gasteiger partial charge in [0.15, 0.2) is 0 Å². The highest BCUT2D eigenvalue weighted by atomic mass is 79.9. The summed E-state index contributed by atoms with van der Waals surface area (Å²) in [6.45, 7) is 8.10.